The molecule has 0 radical (unpaired) electrons. The molecule has 0 atom stereocenters. The Balaban J connectivity index is 2.04. The van der Waals surface area contributed by atoms with E-state index >= 15 is 0 Å². The van der Waals surface area contributed by atoms with Crippen LogP contribution in [0.1, 0.15) is 21.5 Å². The van der Waals surface area contributed by atoms with Crippen molar-refractivity contribution in [2.45, 2.75) is 6.92 Å². The lowest BCUT2D eigenvalue weighted by molar-refractivity contribution is 0.0954. The highest BCUT2D eigenvalue weighted by molar-refractivity contribution is 5.96. The number of carbonyl (C=O) groups excluding carboxylic acids is 1. The number of amides is 1. The van der Waals surface area contributed by atoms with Crippen molar-refractivity contribution in [1.29, 1.82) is 0 Å². The number of ether oxygens (including phenoxy) is 1. The van der Waals surface area contributed by atoms with E-state index in [4.69, 9.17) is 4.74 Å². The van der Waals surface area contributed by atoms with E-state index in [-0.39, 0.29) is 11.7 Å². The summed E-state index contributed by atoms with van der Waals surface area (Å²) >= 11 is 0. The van der Waals surface area contributed by atoms with Crippen LogP contribution in [-0.4, -0.2) is 24.3 Å². The van der Waals surface area contributed by atoms with Crippen LogP contribution in [0, 0.1) is 6.92 Å². The zero-order valence-electron chi connectivity index (χ0n) is 11.8. The number of benzene rings is 2. The molecular weight excluding hydrogens is 268 g/mol. The van der Waals surface area contributed by atoms with Crippen LogP contribution >= 0.6 is 0 Å². The van der Waals surface area contributed by atoms with Gasteiger partial charge in [-0.05, 0) is 42.3 Å². The minimum Gasteiger partial charge on any atom is -0.504 e. The standard InChI is InChI=1S/C16H16N2O3/c1-11-5-3-4-6-13(11)16(20)18-17-10-12-7-8-15(21-2)14(19)9-12/h3-10,19H,1-2H3,(H,18,20)/b17-10-. The normalized spacial score (nSPS) is 10.6. The monoisotopic (exact) mass is 284 g/mol. The van der Waals surface area contributed by atoms with Crippen molar-refractivity contribution in [3.8, 4) is 11.5 Å². The molecule has 5 heteroatoms. The fourth-order valence-electron chi connectivity index (χ4n) is 1.84. The van der Waals surface area contributed by atoms with Crippen LogP contribution in [0.3, 0.4) is 0 Å². The first-order chi connectivity index (χ1) is 10.1. The summed E-state index contributed by atoms with van der Waals surface area (Å²) < 4.78 is 4.95. The molecule has 2 rings (SSSR count). The number of carbonyl (C=O) groups is 1. The van der Waals surface area contributed by atoms with Gasteiger partial charge in [-0.15, -0.1) is 0 Å². The quantitative estimate of drug-likeness (QED) is 0.669. The van der Waals surface area contributed by atoms with Gasteiger partial charge in [0, 0.05) is 5.56 Å². The number of phenols is 1. The first kappa shape index (κ1) is 14.6. The molecule has 0 bridgehead atoms. The number of hydrogen-bond donors (Lipinski definition) is 2. The van der Waals surface area contributed by atoms with E-state index in [1.165, 1.54) is 19.4 Å². The second-order valence-electron chi connectivity index (χ2n) is 4.45. The van der Waals surface area contributed by atoms with Crippen LogP contribution in [0.4, 0.5) is 0 Å². The third-order valence-electron chi connectivity index (χ3n) is 2.97. The minimum atomic E-state index is -0.276. The maximum Gasteiger partial charge on any atom is 0.271 e. The highest BCUT2D eigenvalue weighted by Gasteiger charge is 2.06. The van der Waals surface area contributed by atoms with E-state index in [9.17, 15) is 9.90 Å². The van der Waals surface area contributed by atoms with Gasteiger partial charge in [-0.2, -0.15) is 5.10 Å². The molecule has 0 heterocycles. The third-order valence-corrected chi connectivity index (χ3v) is 2.97. The van der Waals surface area contributed by atoms with E-state index in [2.05, 4.69) is 10.5 Å². The minimum absolute atomic E-state index is 0.0201. The number of nitrogens with zero attached hydrogens (tertiary/aromatic N) is 1. The maximum atomic E-state index is 11.9. The van der Waals surface area contributed by atoms with Crippen molar-refractivity contribution in [3.05, 3.63) is 59.2 Å². The molecule has 0 aliphatic carbocycles. The van der Waals surface area contributed by atoms with Gasteiger partial charge in [-0.1, -0.05) is 18.2 Å². The van der Waals surface area contributed by atoms with E-state index in [0.717, 1.165) is 5.56 Å². The average molecular weight is 284 g/mol. The molecule has 0 aliphatic rings. The number of methoxy groups -OCH3 is 1. The van der Waals surface area contributed by atoms with Crippen molar-refractivity contribution in [1.82, 2.24) is 5.43 Å². The van der Waals surface area contributed by atoms with E-state index in [1.54, 1.807) is 24.3 Å². The summed E-state index contributed by atoms with van der Waals surface area (Å²) in [5.74, 6) is 0.129. The Morgan fingerprint density at radius 3 is 2.71 bits per heavy atom. The molecule has 0 unspecified atom stereocenters. The molecule has 0 spiro atoms. The summed E-state index contributed by atoms with van der Waals surface area (Å²) in [6.07, 6.45) is 1.45. The number of phenolic OH excluding ortho intramolecular Hbond substituents is 1. The van der Waals surface area contributed by atoms with Crippen molar-refractivity contribution in [2.24, 2.45) is 5.10 Å². The topological polar surface area (TPSA) is 70.9 Å². The number of hydrazone groups is 1. The van der Waals surface area contributed by atoms with Gasteiger partial charge >= 0.3 is 0 Å². The van der Waals surface area contributed by atoms with Gasteiger partial charge in [-0.25, -0.2) is 5.43 Å². The fraction of sp³-hybridized carbons (Fsp3) is 0.125. The first-order valence-electron chi connectivity index (χ1n) is 6.38. The van der Waals surface area contributed by atoms with Gasteiger partial charge in [0.15, 0.2) is 11.5 Å². The van der Waals surface area contributed by atoms with Gasteiger partial charge in [0.05, 0.1) is 13.3 Å². The van der Waals surface area contributed by atoms with Gasteiger partial charge in [0.1, 0.15) is 0 Å². The molecule has 0 saturated heterocycles. The SMILES string of the molecule is COc1ccc(/C=N\NC(=O)c2ccccc2C)cc1O. The lowest BCUT2D eigenvalue weighted by Gasteiger charge is -2.04. The number of rotatable bonds is 4. The van der Waals surface area contributed by atoms with Crippen molar-refractivity contribution in [2.75, 3.05) is 7.11 Å². The molecule has 2 aromatic rings. The van der Waals surface area contributed by atoms with Crippen molar-refractivity contribution >= 4 is 12.1 Å². The Morgan fingerprint density at radius 2 is 2.05 bits per heavy atom. The third kappa shape index (κ3) is 3.60. The molecule has 1 amide bonds. The van der Waals surface area contributed by atoms with Gasteiger partial charge in [0.25, 0.3) is 5.91 Å². The number of aryl methyl sites for hydroxylation is 1. The molecule has 2 N–H and O–H groups in total. The molecule has 21 heavy (non-hydrogen) atoms. The smallest absolute Gasteiger partial charge is 0.271 e. The van der Waals surface area contributed by atoms with Crippen LogP contribution in [0.15, 0.2) is 47.6 Å². The zero-order chi connectivity index (χ0) is 15.2. The first-order valence-corrected chi connectivity index (χ1v) is 6.38. The van der Waals surface area contributed by atoms with E-state index < -0.39 is 0 Å². The lowest BCUT2D eigenvalue weighted by Crippen LogP contribution is -2.18. The summed E-state index contributed by atoms with van der Waals surface area (Å²) in [7, 11) is 1.48. The van der Waals surface area contributed by atoms with Crippen LogP contribution in [-0.2, 0) is 0 Å². The molecule has 5 nitrogen and oxygen atoms in total. The number of nitrogens with one attached hydrogen (secondary N) is 1. The average Bonchev–Trinajstić information content (AvgIpc) is 2.48. The van der Waals surface area contributed by atoms with Crippen LogP contribution < -0.4 is 10.2 Å². The van der Waals surface area contributed by atoms with Crippen LogP contribution in [0.2, 0.25) is 0 Å². The predicted octanol–water partition coefficient (Wildman–Crippen LogP) is 2.47. The Hall–Kier alpha value is -2.82. The largest absolute Gasteiger partial charge is 0.504 e. The summed E-state index contributed by atoms with van der Waals surface area (Å²) in [5, 5.41) is 13.5. The molecule has 0 aromatic heterocycles. The van der Waals surface area contributed by atoms with Crippen LogP contribution in [0.5, 0.6) is 11.5 Å². The van der Waals surface area contributed by atoms with Crippen molar-refractivity contribution in [3.63, 3.8) is 0 Å². The molecular formula is C16H16N2O3. The predicted molar refractivity (Wildman–Crippen MR) is 80.9 cm³/mol. The van der Waals surface area contributed by atoms with Gasteiger partial charge in [0.2, 0.25) is 0 Å². The summed E-state index contributed by atoms with van der Waals surface area (Å²) in [6.45, 7) is 1.86. The summed E-state index contributed by atoms with van der Waals surface area (Å²) in [4.78, 5) is 11.9. The second kappa shape index (κ2) is 6.56. The summed E-state index contributed by atoms with van der Waals surface area (Å²) in [5.41, 5.74) is 4.56. The molecule has 0 saturated carbocycles. The van der Waals surface area contributed by atoms with Crippen LogP contribution in [0.25, 0.3) is 0 Å². The van der Waals surface area contributed by atoms with Gasteiger partial charge in [-0.3, -0.25) is 4.79 Å². The van der Waals surface area contributed by atoms with E-state index in [0.29, 0.717) is 16.9 Å². The fourth-order valence-corrected chi connectivity index (χ4v) is 1.84. The molecule has 2 aromatic carbocycles. The Bertz CT molecular complexity index is 681. The van der Waals surface area contributed by atoms with Crippen molar-refractivity contribution < 1.29 is 14.6 Å². The Kier molecular flexibility index (Phi) is 4.56. The Morgan fingerprint density at radius 1 is 1.29 bits per heavy atom. The van der Waals surface area contributed by atoms with E-state index in [1.807, 2.05) is 19.1 Å². The summed E-state index contributed by atoms with van der Waals surface area (Å²) in [6, 6.07) is 12.1. The highest BCUT2D eigenvalue weighted by Crippen LogP contribution is 2.25. The zero-order valence-corrected chi connectivity index (χ0v) is 11.8. The maximum absolute atomic E-state index is 11.9. The molecule has 0 aliphatic heterocycles. The molecule has 108 valence electrons. The molecule has 0 fully saturated rings. The lowest BCUT2D eigenvalue weighted by atomic mass is 10.1. The highest BCUT2D eigenvalue weighted by atomic mass is 16.5. The number of aromatic hydroxyl groups is 1. The second-order valence-corrected chi connectivity index (χ2v) is 4.45. The number of hydrogen-bond acceptors (Lipinski definition) is 4. The Labute approximate surface area is 122 Å². The van der Waals surface area contributed by atoms with Gasteiger partial charge < -0.3 is 9.84 Å².